The first-order valence-electron chi connectivity index (χ1n) is 8.98. The Morgan fingerprint density at radius 2 is 2.29 bits per heavy atom. The largest absolute Gasteiger partial charge is 0.477 e. The van der Waals surface area contributed by atoms with Crippen LogP contribution in [0.25, 0.3) is 11.0 Å². The number of nitrogens with two attached hydrogens (primary N) is 1. The Bertz CT molecular complexity index is 1050. The van der Waals surface area contributed by atoms with Crippen molar-refractivity contribution >= 4 is 28.5 Å². The molecule has 1 unspecified atom stereocenters. The van der Waals surface area contributed by atoms with E-state index in [-0.39, 0.29) is 34.4 Å². The van der Waals surface area contributed by atoms with Crippen LogP contribution in [0.1, 0.15) is 29.2 Å². The lowest BCUT2D eigenvalue weighted by Crippen LogP contribution is -2.26. The van der Waals surface area contributed by atoms with Gasteiger partial charge in [0.1, 0.15) is 18.3 Å². The molecular formula is C18H20FN5O4. The highest BCUT2D eigenvalue weighted by Crippen LogP contribution is 2.37. The van der Waals surface area contributed by atoms with Crippen molar-refractivity contribution in [2.75, 3.05) is 31.6 Å². The second-order valence-corrected chi connectivity index (χ2v) is 7.06. The molecule has 2 aliphatic rings. The Morgan fingerprint density at radius 3 is 2.89 bits per heavy atom. The van der Waals surface area contributed by atoms with Crippen LogP contribution in [-0.4, -0.2) is 53.1 Å². The number of rotatable bonds is 5. The number of carboxylic acid groups (broad SMARTS) is 1. The van der Waals surface area contributed by atoms with Crippen molar-refractivity contribution < 1.29 is 19.1 Å². The maximum Gasteiger partial charge on any atom is 0.341 e. The average molecular weight is 391 g/mol. The molecule has 2 aromatic heterocycles. The zero-order valence-corrected chi connectivity index (χ0v) is 15.3. The molecule has 2 fully saturated rings. The van der Waals surface area contributed by atoms with Crippen LogP contribution in [0.4, 0.5) is 10.2 Å². The molecule has 0 spiro atoms. The Morgan fingerprint density at radius 1 is 1.54 bits per heavy atom. The van der Waals surface area contributed by atoms with E-state index in [0.717, 1.165) is 18.9 Å². The Labute approximate surface area is 159 Å². The minimum absolute atomic E-state index is 0.0339. The van der Waals surface area contributed by atoms with Gasteiger partial charge in [0.15, 0.2) is 11.6 Å². The van der Waals surface area contributed by atoms with Gasteiger partial charge >= 0.3 is 5.97 Å². The monoisotopic (exact) mass is 391 g/mol. The predicted octanol–water partition coefficient (Wildman–Crippen LogP) is 0.966. The first kappa shape index (κ1) is 18.4. The molecule has 9 nitrogen and oxygen atoms in total. The van der Waals surface area contributed by atoms with Gasteiger partial charge in [-0.15, -0.1) is 0 Å². The van der Waals surface area contributed by atoms with E-state index in [1.807, 2.05) is 0 Å². The van der Waals surface area contributed by atoms with Gasteiger partial charge in [0, 0.05) is 31.2 Å². The van der Waals surface area contributed by atoms with E-state index in [1.54, 1.807) is 9.47 Å². The highest BCUT2D eigenvalue weighted by molar-refractivity contribution is 5.95. The summed E-state index contributed by atoms with van der Waals surface area (Å²) in [6.07, 6.45) is 3.02. The fourth-order valence-corrected chi connectivity index (χ4v) is 3.60. The first-order chi connectivity index (χ1) is 13.4. The van der Waals surface area contributed by atoms with E-state index in [0.29, 0.717) is 25.3 Å². The van der Waals surface area contributed by atoms with Gasteiger partial charge in [0.05, 0.1) is 17.6 Å². The zero-order chi connectivity index (χ0) is 20.0. The lowest BCUT2D eigenvalue weighted by Gasteiger charge is -2.19. The molecule has 1 saturated heterocycles. The second kappa shape index (κ2) is 6.86. The van der Waals surface area contributed by atoms with Crippen LogP contribution < -0.4 is 16.1 Å². The van der Waals surface area contributed by atoms with Gasteiger partial charge in [-0.2, -0.15) is 0 Å². The third-order valence-corrected chi connectivity index (χ3v) is 5.17. The molecule has 0 amide bonds. The summed E-state index contributed by atoms with van der Waals surface area (Å²) in [4.78, 5) is 34.9. The molecule has 0 radical (unpaired) electrons. The van der Waals surface area contributed by atoms with Gasteiger partial charge < -0.3 is 25.1 Å². The van der Waals surface area contributed by atoms with Crippen molar-refractivity contribution in [2.45, 2.75) is 18.9 Å². The number of aromatic nitrogens is 2. The van der Waals surface area contributed by atoms with Gasteiger partial charge in [0.25, 0.3) is 0 Å². The van der Waals surface area contributed by atoms with Gasteiger partial charge in [-0.05, 0) is 18.9 Å². The SMILES string of the molecule is CO/N=C1/CN(c2nc3c(cc2F)c(=O)[14c](C(=O)O)cn3C2CC2)CC1CN. The summed E-state index contributed by atoms with van der Waals surface area (Å²) in [5, 5.41) is 13.2. The lowest BCUT2D eigenvalue weighted by molar-refractivity contribution is 0.0695. The summed E-state index contributed by atoms with van der Waals surface area (Å²) in [5.74, 6) is -2.03. The summed E-state index contributed by atoms with van der Waals surface area (Å²) in [6, 6.07) is 1.14. The summed E-state index contributed by atoms with van der Waals surface area (Å²) in [5.41, 5.74) is 5.65. The molecule has 1 atom stereocenters. The van der Waals surface area contributed by atoms with Gasteiger partial charge in [0.2, 0.25) is 5.43 Å². The highest BCUT2D eigenvalue weighted by atomic mass is 19.1. The predicted molar refractivity (Wildman–Crippen MR) is 100 cm³/mol. The number of anilines is 1. The van der Waals surface area contributed by atoms with Crippen LogP contribution in [0.2, 0.25) is 0 Å². The van der Waals surface area contributed by atoms with Gasteiger partial charge in [-0.3, -0.25) is 4.79 Å². The number of carbonyl (C=O) groups is 1. The number of halogens is 1. The van der Waals surface area contributed by atoms with Crippen LogP contribution >= 0.6 is 0 Å². The maximum absolute atomic E-state index is 14.9. The smallest absolute Gasteiger partial charge is 0.341 e. The standard InChI is InChI=1S/C18H20FN5O4/c1-28-22-14-8-23(6-9(14)5-20)17-13(19)4-11-15(25)12(18(26)27)7-24(10-2-3-10)16(11)21-17/h4,7,9-10H,2-3,5-6,8,20H2,1H3,(H,26,27)/b22-14-/i12+2. The van der Waals surface area contributed by atoms with Crippen molar-refractivity contribution in [3.8, 4) is 0 Å². The fourth-order valence-electron chi connectivity index (χ4n) is 3.60. The molecule has 1 saturated carbocycles. The van der Waals surface area contributed by atoms with Crippen LogP contribution in [0.15, 0.2) is 22.2 Å². The molecule has 0 aromatic carbocycles. The normalized spacial score (nSPS) is 20.9. The number of aromatic carboxylic acids is 1. The number of oxime groups is 1. The molecule has 28 heavy (non-hydrogen) atoms. The van der Waals surface area contributed by atoms with Crippen molar-refractivity contribution in [2.24, 2.45) is 16.8 Å². The average Bonchev–Trinajstić information content (AvgIpc) is 3.42. The third-order valence-electron chi connectivity index (χ3n) is 5.17. The Balaban J connectivity index is 1.86. The second-order valence-electron chi connectivity index (χ2n) is 7.06. The number of fused-ring (bicyclic) bond motifs is 1. The van der Waals surface area contributed by atoms with Crippen LogP contribution in [0, 0.1) is 11.7 Å². The lowest BCUT2D eigenvalue weighted by atomic mass is 10.1. The molecule has 0 bridgehead atoms. The Kier molecular flexibility index (Phi) is 4.50. The molecule has 3 heterocycles. The highest BCUT2D eigenvalue weighted by Gasteiger charge is 2.33. The number of pyridine rings is 2. The van der Waals surface area contributed by atoms with Crippen molar-refractivity contribution in [3.63, 3.8) is 0 Å². The number of carboxylic acids is 1. The van der Waals surface area contributed by atoms with E-state index < -0.39 is 17.2 Å². The van der Waals surface area contributed by atoms with E-state index in [4.69, 9.17) is 10.6 Å². The van der Waals surface area contributed by atoms with Crippen LogP contribution in [0.3, 0.4) is 0 Å². The molecular weight excluding hydrogens is 371 g/mol. The molecule has 10 heteroatoms. The summed E-state index contributed by atoms with van der Waals surface area (Å²) in [6.45, 7) is 1.07. The van der Waals surface area contributed by atoms with Gasteiger partial charge in [-0.1, -0.05) is 5.16 Å². The summed E-state index contributed by atoms with van der Waals surface area (Å²) < 4.78 is 16.5. The van der Waals surface area contributed by atoms with E-state index in [1.165, 1.54) is 13.3 Å². The molecule has 4 rings (SSSR count). The van der Waals surface area contributed by atoms with Crippen molar-refractivity contribution in [1.82, 2.24) is 9.55 Å². The number of nitrogens with zero attached hydrogens (tertiary/aromatic N) is 4. The molecule has 148 valence electrons. The quantitative estimate of drug-likeness (QED) is 0.728. The third kappa shape index (κ3) is 2.99. The number of hydrogen-bond acceptors (Lipinski definition) is 7. The first-order valence-corrected chi connectivity index (χ1v) is 8.98. The van der Waals surface area contributed by atoms with Crippen molar-refractivity contribution in [3.05, 3.63) is 33.9 Å². The van der Waals surface area contributed by atoms with Gasteiger partial charge in [-0.25, -0.2) is 14.2 Å². The summed E-state index contributed by atoms with van der Waals surface area (Å²) in [7, 11) is 1.44. The van der Waals surface area contributed by atoms with E-state index >= 15 is 0 Å². The molecule has 3 N–H and O–H groups in total. The van der Waals surface area contributed by atoms with Crippen molar-refractivity contribution in [1.29, 1.82) is 0 Å². The van der Waals surface area contributed by atoms with E-state index in [2.05, 4.69) is 10.1 Å². The molecule has 2 aromatic rings. The topological polar surface area (TPSA) is 123 Å². The maximum atomic E-state index is 14.9. The number of hydrogen-bond donors (Lipinski definition) is 2. The molecule has 1 aliphatic heterocycles. The fraction of sp³-hybridized carbons (Fsp3) is 0.444. The minimum Gasteiger partial charge on any atom is -0.477 e. The van der Waals surface area contributed by atoms with Crippen LogP contribution in [-0.2, 0) is 4.84 Å². The van der Waals surface area contributed by atoms with E-state index in [9.17, 15) is 19.1 Å². The van der Waals surface area contributed by atoms with Crippen LogP contribution in [0.5, 0.6) is 0 Å². The Hall–Kier alpha value is -3.01. The zero-order valence-electron chi connectivity index (χ0n) is 15.3. The summed E-state index contributed by atoms with van der Waals surface area (Å²) >= 11 is 0. The molecule has 1 aliphatic carbocycles. The minimum atomic E-state index is -1.34.